The number of aliphatic hydroxyl groups excluding tert-OH is 2. The van der Waals surface area contributed by atoms with Crippen LogP contribution in [0.4, 0.5) is 0 Å². The van der Waals surface area contributed by atoms with E-state index in [0.717, 1.165) is 38.4 Å². The van der Waals surface area contributed by atoms with Crippen LogP contribution < -0.4 is 9.46 Å². The van der Waals surface area contributed by atoms with Gasteiger partial charge in [-0.1, -0.05) is 34.1 Å². The van der Waals surface area contributed by atoms with Crippen molar-refractivity contribution in [3.05, 3.63) is 23.9 Å². The van der Waals surface area contributed by atoms with Crippen LogP contribution in [0.3, 0.4) is 0 Å². The molecule has 8 nitrogen and oxygen atoms in total. The lowest BCUT2D eigenvalue weighted by Gasteiger charge is -2.64. The molecule has 1 heterocycles. The summed E-state index contributed by atoms with van der Waals surface area (Å²) in [5.41, 5.74) is 0.595. The highest BCUT2D eigenvalue weighted by atomic mass is 32.2. The lowest BCUT2D eigenvalue weighted by atomic mass is 9.41. The average Bonchev–Trinajstić information content (AvgIpc) is 3.26. The maximum absolute atomic E-state index is 12.0. The van der Waals surface area contributed by atoms with Crippen molar-refractivity contribution >= 4 is 15.9 Å². The van der Waals surface area contributed by atoms with Crippen molar-refractivity contribution in [2.24, 2.45) is 52.3 Å². The van der Waals surface area contributed by atoms with Gasteiger partial charge in [0.25, 0.3) is 5.91 Å². The Labute approximate surface area is 246 Å². The molecule has 3 N–H and O–H groups in total. The van der Waals surface area contributed by atoms with E-state index in [9.17, 15) is 23.4 Å². The molecule has 11 atom stereocenters. The summed E-state index contributed by atoms with van der Waals surface area (Å²) in [6.45, 7) is 10.1. The minimum atomic E-state index is -3.63. The zero-order chi connectivity index (χ0) is 29.7. The SMILES string of the molecule is CC[C@H]1[C@@H](O)[C@@H]2[C@H](CC[C@]3(C)[C@@H]([C@H](C)CCOc4ccc(C(=O)NS(C)(=O)=O)cn4)CC[C@@H]23)[C@@]2(C)CC[C@@H](O)C[C@@H]12. The van der Waals surface area contributed by atoms with Crippen LogP contribution in [0.2, 0.25) is 0 Å². The molecule has 1 aromatic rings. The third-order valence-corrected chi connectivity index (χ3v) is 12.8. The lowest BCUT2D eigenvalue weighted by Crippen LogP contribution is -2.62. The number of carbonyl (C=O) groups excluding carboxylic acids is 1. The topological polar surface area (TPSA) is 126 Å². The number of sulfonamides is 1. The second kappa shape index (κ2) is 11.4. The third-order valence-electron chi connectivity index (χ3n) is 12.3. The molecule has 0 aliphatic heterocycles. The molecule has 5 rings (SSSR count). The van der Waals surface area contributed by atoms with E-state index < -0.39 is 15.9 Å². The van der Waals surface area contributed by atoms with Gasteiger partial charge in [-0.25, -0.2) is 18.1 Å². The first-order chi connectivity index (χ1) is 19.3. The van der Waals surface area contributed by atoms with Crippen LogP contribution in [0, 0.1) is 52.3 Å². The molecule has 9 heteroatoms. The van der Waals surface area contributed by atoms with E-state index in [2.05, 4.69) is 32.7 Å². The van der Waals surface area contributed by atoms with Crippen molar-refractivity contribution in [2.45, 2.75) is 97.7 Å². The van der Waals surface area contributed by atoms with E-state index >= 15 is 0 Å². The Balaban J connectivity index is 1.22. The number of carbonyl (C=O) groups is 1. The summed E-state index contributed by atoms with van der Waals surface area (Å²) < 4.78 is 30.5. The lowest BCUT2D eigenvalue weighted by molar-refractivity contribution is -0.203. The Bertz CT molecular complexity index is 1210. The smallest absolute Gasteiger partial charge is 0.266 e. The van der Waals surface area contributed by atoms with Gasteiger partial charge in [-0.2, -0.15) is 0 Å². The highest BCUT2D eigenvalue weighted by Gasteiger charge is 2.64. The second-order valence-corrected chi connectivity index (χ2v) is 16.1. The van der Waals surface area contributed by atoms with Crippen LogP contribution in [0.1, 0.15) is 95.8 Å². The van der Waals surface area contributed by atoms with Crippen LogP contribution in [-0.2, 0) is 10.0 Å². The van der Waals surface area contributed by atoms with Gasteiger partial charge in [0, 0.05) is 12.3 Å². The van der Waals surface area contributed by atoms with Crippen LogP contribution in [0.15, 0.2) is 18.3 Å². The molecule has 0 aromatic carbocycles. The number of rotatable bonds is 8. The van der Waals surface area contributed by atoms with E-state index in [1.165, 1.54) is 37.9 Å². The normalized spacial score (nSPS) is 41.0. The van der Waals surface area contributed by atoms with Gasteiger partial charge in [0.05, 0.1) is 30.6 Å². The molecule has 0 bridgehead atoms. The Morgan fingerprint density at radius 1 is 1.10 bits per heavy atom. The largest absolute Gasteiger partial charge is 0.478 e. The maximum atomic E-state index is 12.0. The summed E-state index contributed by atoms with van der Waals surface area (Å²) in [5.74, 6) is 2.89. The predicted octanol–water partition coefficient (Wildman–Crippen LogP) is 4.80. The van der Waals surface area contributed by atoms with Gasteiger partial charge in [0.1, 0.15) is 0 Å². The molecule has 1 aromatic heterocycles. The minimum absolute atomic E-state index is 0.163. The van der Waals surface area contributed by atoms with Gasteiger partial charge in [0.2, 0.25) is 15.9 Å². The van der Waals surface area contributed by atoms with E-state index in [-0.39, 0.29) is 34.5 Å². The first-order valence-corrected chi connectivity index (χ1v) is 17.6. The van der Waals surface area contributed by atoms with Crippen LogP contribution >= 0.6 is 0 Å². The van der Waals surface area contributed by atoms with Gasteiger partial charge >= 0.3 is 0 Å². The quantitative estimate of drug-likeness (QED) is 0.397. The maximum Gasteiger partial charge on any atom is 0.266 e. The summed E-state index contributed by atoms with van der Waals surface area (Å²) in [5, 5.41) is 22.4. The number of aliphatic hydroxyl groups is 2. The molecular weight excluding hydrogens is 540 g/mol. The average molecular weight is 591 g/mol. The van der Waals surface area contributed by atoms with Crippen molar-refractivity contribution in [3.8, 4) is 5.88 Å². The molecule has 0 saturated heterocycles. The van der Waals surface area contributed by atoms with E-state index in [1.54, 1.807) is 6.07 Å². The number of fused-ring (bicyclic) bond motifs is 5. The predicted molar refractivity (Wildman–Crippen MR) is 158 cm³/mol. The Hall–Kier alpha value is -1.71. The molecule has 0 unspecified atom stereocenters. The standard InChI is InChI=1S/C32H50N2O6S/c1-6-22-26-17-21(35)11-14-32(26,4)25-12-15-31(3)23(8-9-24(31)28(25)29(22)36)19(2)13-16-40-27-10-7-20(18-33-27)30(37)34-41(5,38)39/h7,10,18-19,21-26,28-29,35-36H,6,8-9,11-17H2,1-5H3,(H,34,37)/t19-,21-,22-,23-,24+,25+,26+,28+,29-,31-,32-/m1/s1. The zero-order valence-corrected chi connectivity index (χ0v) is 26.2. The van der Waals surface area contributed by atoms with Crippen LogP contribution in [-0.4, -0.2) is 54.6 Å². The fraction of sp³-hybridized carbons (Fsp3) is 0.812. The highest BCUT2D eigenvalue weighted by Crippen LogP contribution is 2.69. The Morgan fingerprint density at radius 2 is 1.80 bits per heavy atom. The summed E-state index contributed by atoms with van der Waals surface area (Å²) in [4.78, 5) is 16.2. The minimum Gasteiger partial charge on any atom is -0.478 e. The van der Waals surface area contributed by atoms with Gasteiger partial charge in [-0.3, -0.25) is 4.79 Å². The molecule has 4 aliphatic rings. The number of hydrogen-bond acceptors (Lipinski definition) is 7. The number of amides is 1. The summed E-state index contributed by atoms with van der Waals surface area (Å²) in [6.07, 6.45) is 11.3. The Morgan fingerprint density at radius 3 is 2.46 bits per heavy atom. The van der Waals surface area contributed by atoms with Crippen LogP contribution in [0.5, 0.6) is 5.88 Å². The first-order valence-electron chi connectivity index (χ1n) is 15.8. The second-order valence-electron chi connectivity index (χ2n) is 14.3. The molecule has 41 heavy (non-hydrogen) atoms. The summed E-state index contributed by atoms with van der Waals surface area (Å²) in [6, 6.07) is 3.12. The van der Waals surface area contributed by atoms with Crippen molar-refractivity contribution in [2.75, 3.05) is 12.9 Å². The number of nitrogens with one attached hydrogen (secondary N) is 1. The molecule has 4 fully saturated rings. The number of ether oxygens (including phenoxy) is 1. The van der Waals surface area contributed by atoms with Gasteiger partial charge in [-0.15, -0.1) is 0 Å². The van der Waals surface area contributed by atoms with E-state index in [0.29, 0.717) is 48.0 Å². The molecule has 4 saturated carbocycles. The van der Waals surface area contributed by atoms with Crippen molar-refractivity contribution < 1.29 is 28.2 Å². The summed E-state index contributed by atoms with van der Waals surface area (Å²) in [7, 11) is -3.63. The number of pyridine rings is 1. The molecule has 230 valence electrons. The van der Waals surface area contributed by atoms with Crippen molar-refractivity contribution in [1.29, 1.82) is 0 Å². The first kappa shape index (κ1) is 30.7. The molecule has 1 amide bonds. The van der Waals surface area contributed by atoms with Crippen molar-refractivity contribution in [1.82, 2.24) is 9.71 Å². The molecule has 4 aliphatic carbocycles. The van der Waals surface area contributed by atoms with Crippen molar-refractivity contribution in [3.63, 3.8) is 0 Å². The number of hydrogen-bond donors (Lipinski definition) is 3. The molecule has 0 spiro atoms. The zero-order valence-electron chi connectivity index (χ0n) is 25.4. The Kier molecular flexibility index (Phi) is 8.56. The third kappa shape index (κ3) is 5.67. The summed E-state index contributed by atoms with van der Waals surface area (Å²) >= 11 is 0. The number of nitrogens with zero attached hydrogens (tertiary/aromatic N) is 1. The fourth-order valence-electron chi connectivity index (χ4n) is 10.3. The highest BCUT2D eigenvalue weighted by molar-refractivity contribution is 7.89. The van der Waals surface area contributed by atoms with Gasteiger partial charge in [-0.05, 0) is 110 Å². The number of aromatic nitrogens is 1. The van der Waals surface area contributed by atoms with E-state index in [4.69, 9.17) is 4.74 Å². The molecule has 0 radical (unpaired) electrons. The molecular formula is C32H50N2O6S. The monoisotopic (exact) mass is 590 g/mol. The fourth-order valence-corrected chi connectivity index (χ4v) is 10.8. The van der Waals surface area contributed by atoms with Gasteiger partial charge in [0.15, 0.2) is 0 Å². The van der Waals surface area contributed by atoms with E-state index in [1.807, 2.05) is 4.72 Å². The van der Waals surface area contributed by atoms with Crippen LogP contribution in [0.25, 0.3) is 0 Å². The van der Waals surface area contributed by atoms with Gasteiger partial charge < -0.3 is 14.9 Å².